The molecule has 2 heterocycles. The molecule has 2 nitrogen and oxygen atoms in total. The summed E-state index contributed by atoms with van der Waals surface area (Å²) in [7, 11) is 0. The van der Waals surface area contributed by atoms with Crippen molar-refractivity contribution < 1.29 is 0 Å². The van der Waals surface area contributed by atoms with Gasteiger partial charge in [0, 0.05) is 35.6 Å². The van der Waals surface area contributed by atoms with Gasteiger partial charge in [-0.05, 0) is 35.6 Å². The highest BCUT2D eigenvalue weighted by atomic mass is 14.9. The van der Waals surface area contributed by atoms with E-state index in [-0.39, 0.29) is 0 Å². The number of benzene rings is 2. The average molecular weight is 332 g/mol. The van der Waals surface area contributed by atoms with Gasteiger partial charge in [-0.15, -0.1) is 0 Å². The molecule has 1 unspecified atom stereocenters. The minimum atomic E-state index is 0.618. The van der Waals surface area contributed by atoms with Crippen molar-refractivity contribution in [2.45, 2.75) is 58.5 Å². The molecule has 1 atom stereocenters. The third kappa shape index (κ3) is 3.11. The van der Waals surface area contributed by atoms with Crippen molar-refractivity contribution in [3.8, 4) is 11.1 Å². The van der Waals surface area contributed by atoms with Gasteiger partial charge in [-0.1, -0.05) is 68.7 Å². The molecule has 1 aliphatic rings. The van der Waals surface area contributed by atoms with Crippen molar-refractivity contribution in [1.29, 1.82) is 0 Å². The van der Waals surface area contributed by atoms with Crippen LogP contribution in [0.2, 0.25) is 0 Å². The minimum absolute atomic E-state index is 0.618. The van der Waals surface area contributed by atoms with Crippen LogP contribution in [0.1, 0.15) is 49.4 Å². The maximum Gasteiger partial charge on any atom is 0.0495 e. The van der Waals surface area contributed by atoms with Crippen LogP contribution in [0.25, 0.3) is 22.0 Å². The van der Waals surface area contributed by atoms with Crippen LogP contribution in [-0.4, -0.2) is 11.0 Å². The summed E-state index contributed by atoms with van der Waals surface area (Å²) in [6.07, 6.45) is 6.38. The summed E-state index contributed by atoms with van der Waals surface area (Å²) in [5, 5.41) is 5.21. The van der Waals surface area contributed by atoms with Crippen molar-refractivity contribution in [3.63, 3.8) is 0 Å². The highest BCUT2D eigenvalue weighted by Crippen LogP contribution is 2.36. The molecule has 0 saturated carbocycles. The molecule has 130 valence electrons. The predicted molar refractivity (Wildman–Crippen MR) is 107 cm³/mol. The van der Waals surface area contributed by atoms with Crippen LogP contribution in [0.4, 0.5) is 0 Å². The highest BCUT2D eigenvalue weighted by Gasteiger charge is 2.23. The average Bonchev–Trinajstić information content (AvgIpc) is 3.03. The predicted octanol–water partition coefficient (Wildman–Crippen LogP) is 5.74. The summed E-state index contributed by atoms with van der Waals surface area (Å²) in [5.41, 5.74) is 8.24. The molecule has 3 aromatic rings. The van der Waals surface area contributed by atoms with Gasteiger partial charge in [0.25, 0.3) is 0 Å². The Balaban J connectivity index is 1.74. The van der Waals surface area contributed by atoms with Crippen LogP contribution in [0.3, 0.4) is 0 Å². The Morgan fingerprint density at radius 1 is 1.04 bits per heavy atom. The van der Waals surface area contributed by atoms with E-state index in [0.29, 0.717) is 6.04 Å². The van der Waals surface area contributed by atoms with E-state index in [2.05, 4.69) is 66.6 Å². The Morgan fingerprint density at radius 2 is 1.88 bits per heavy atom. The van der Waals surface area contributed by atoms with Crippen LogP contribution in [0, 0.1) is 6.92 Å². The van der Waals surface area contributed by atoms with E-state index >= 15 is 0 Å². The molecule has 0 spiro atoms. The maximum absolute atomic E-state index is 3.79. The first-order chi connectivity index (χ1) is 12.3. The molecule has 1 aromatic heterocycles. The maximum atomic E-state index is 3.79. The van der Waals surface area contributed by atoms with Crippen molar-refractivity contribution >= 4 is 10.9 Å². The Kier molecular flexibility index (Phi) is 4.63. The quantitative estimate of drug-likeness (QED) is 0.573. The van der Waals surface area contributed by atoms with Gasteiger partial charge >= 0.3 is 0 Å². The number of hydrogen-bond donors (Lipinski definition) is 2. The number of rotatable bonds is 5. The lowest BCUT2D eigenvalue weighted by Crippen LogP contribution is -2.35. The first-order valence-corrected chi connectivity index (χ1v) is 9.69. The number of unbranched alkanes of at least 4 members (excludes halogenated alkanes) is 2. The molecule has 0 saturated heterocycles. The molecule has 2 heteroatoms. The number of H-pyrrole nitrogens is 1. The fourth-order valence-electron chi connectivity index (χ4n) is 4.20. The first kappa shape index (κ1) is 16.4. The van der Waals surface area contributed by atoms with Crippen molar-refractivity contribution in [2.24, 2.45) is 0 Å². The van der Waals surface area contributed by atoms with Crippen molar-refractivity contribution in [1.82, 2.24) is 10.3 Å². The largest absolute Gasteiger partial charge is 0.358 e. The van der Waals surface area contributed by atoms with Gasteiger partial charge in [0.15, 0.2) is 0 Å². The fourth-order valence-corrected chi connectivity index (χ4v) is 4.20. The van der Waals surface area contributed by atoms with Gasteiger partial charge in [-0.2, -0.15) is 0 Å². The van der Waals surface area contributed by atoms with E-state index in [1.165, 1.54) is 64.5 Å². The molecule has 0 aliphatic carbocycles. The van der Waals surface area contributed by atoms with E-state index in [0.717, 1.165) is 13.0 Å². The second kappa shape index (κ2) is 7.05. The summed E-state index contributed by atoms with van der Waals surface area (Å²) in [6.45, 7) is 5.47. The fraction of sp³-hybridized carbons (Fsp3) is 0.391. The SMILES string of the molecule is CCCCCC1Cc2[nH]c3c(C)ccc(-c4ccccc4)c3c2CN1. The van der Waals surface area contributed by atoms with Crippen molar-refractivity contribution in [3.05, 3.63) is 59.3 Å². The Labute approximate surface area is 150 Å². The highest BCUT2D eigenvalue weighted by molar-refractivity contribution is 6.00. The Bertz CT molecular complexity index is 861. The third-order valence-corrected chi connectivity index (χ3v) is 5.61. The zero-order valence-electron chi connectivity index (χ0n) is 15.4. The summed E-state index contributed by atoms with van der Waals surface area (Å²) in [4.78, 5) is 3.77. The second-order valence-electron chi connectivity index (χ2n) is 7.41. The number of aromatic nitrogens is 1. The van der Waals surface area contributed by atoms with Gasteiger partial charge in [-0.25, -0.2) is 0 Å². The number of aryl methyl sites for hydroxylation is 1. The number of nitrogens with one attached hydrogen (secondary N) is 2. The standard InChI is InChI=1S/C23H28N2/c1-3-4-6-11-18-14-21-20(15-24-18)22-19(17-9-7-5-8-10-17)13-12-16(2)23(22)25-21/h5,7-10,12-13,18,24-25H,3-4,6,11,14-15H2,1-2H3. The van der Waals surface area contributed by atoms with Gasteiger partial charge in [-0.3, -0.25) is 0 Å². The summed E-state index contributed by atoms with van der Waals surface area (Å²) < 4.78 is 0. The Hall–Kier alpha value is -2.06. The van der Waals surface area contributed by atoms with Gasteiger partial charge in [0.2, 0.25) is 0 Å². The van der Waals surface area contributed by atoms with Crippen LogP contribution < -0.4 is 5.32 Å². The Morgan fingerprint density at radius 3 is 2.68 bits per heavy atom. The molecular weight excluding hydrogens is 304 g/mol. The molecule has 2 aromatic carbocycles. The molecule has 0 radical (unpaired) electrons. The topological polar surface area (TPSA) is 27.8 Å². The molecule has 0 amide bonds. The van der Waals surface area contributed by atoms with E-state index in [4.69, 9.17) is 0 Å². The van der Waals surface area contributed by atoms with Crippen LogP contribution in [0.5, 0.6) is 0 Å². The van der Waals surface area contributed by atoms with Crippen LogP contribution in [-0.2, 0) is 13.0 Å². The monoisotopic (exact) mass is 332 g/mol. The van der Waals surface area contributed by atoms with Crippen LogP contribution >= 0.6 is 0 Å². The molecule has 25 heavy (non-hydrogen) atoms. The molecule has 2 N–H and O–H groups in total. The summed E-state index contributed by atoms with van der Waals surface area (Å²) >= 11 is 0. The molecular formula is C23H28N2. The number of hydrogen-bond acceptors (Lipinski definition) is 1. The third-order valence-electron chi connectivity index (χ3n) is 5.61. The molecule has 0 bridgehead atoms. The normalized spacial score (nSPS) is 17.0. The van der Waals surface area contributed by atoms with Gasteiger partial charge in [0.05, 0.1) is 0 Å². The second-order valence-corrected chi connectivity index (χ2v) is 7.41. The zero-order valence-corrected chi connectivity index (χ0v) is 15.4. The zero-order chi connectivity index (χ0) is 17.2. The van der Waals surface area contributed by atoms with E-state index in [9.17, 15) is 0 Å². The molecule has 1 aliphatic heterocycles. The molecule has 0 fully saturated rings. The first-order valence-electron chi connectivity index (χ1n) is 9.69. The summed E-state index contributed by atoms with van der Waals surface area (Å²) in [6, 6.07) is 15.9. The summed E-state index contributed by atoms with van der Waals surface area (Å²) in [5.74, 6) is 0. The van der Waals surface area contributed by atoms with Crippen molar-refractivity contribution in [2.75, 3.05) is 0 Å². The smallest absolute Gasteiger partial charge is 0.0495 e. The van der Waals surface area contributed by atoms with E-state index in [1.807, 2.05) is 0 Å². The van der Waals surface area contributed by atoms with Gasteiger partial charge < -0.3 is 10.3 Å². The van der Waals surface area contributed by atoms with Gasteiger partial charge in [0.1, 0.15) is 0 Å². The lowest BCUT2D eigenvalue weighted by atomic mass is 9.93. The molecule has 4 rings (SSSR count). The van der Waals surface area contributed by atoms with E-state index < -0.39 is 0 Å². The number of aromatic amines is 1. The number of fused-ring (bicyclic) bond motifs is 3. The van der Waals surface area contributed by atoms with Crippen LogP contribution in [0.15, 0.2) is 42.5 Å². The lowest BCUT2D eigenvalue weighted by molar-refractivity contribution is 0.432. The minimum Gasteiger partial charge on any atom is -0.358 e. The van der Waals surface area contributed by atoms with E-state index in [1.54, 1.807) is 0 Å². The lowest BCUT2D eigenvalue weighted by Gasteiger charge is -2.24.